The minimum absolute atomic E-state index is 0.0748. The second-order valence-electron chi connectivity index (χ2n) is 6.04. The highest BCUT2D eigenvalue weighted by Gasteiger charge is 2.22. The van der Waals surface area contributed by atoms with Gasteiger partial charge < -0.3 is 19.5 Å². The van der Waals surface area contributed by atoms with Gasteiger partial charge in [-0.15, -0.1) is 0 Å². The summed E-state index contributed by atoms with van der Waals surface area (Å²) in [6, 6.07) is 10.6. The summed E-state index contributed by atoms with van der Waals surface area (Å²) in [5, 5.41) is 3.09. The number of hydrogen-bond donors (Lipinski definition) is 2. The minimum Gasteiger partial charge on any atom is -0.497 e. The van der Waals surface area contributed by atoms with Crippen LogP contribution in [0.1, 0.15) is 17.3 Å². The molecule has 0 heterocycles. The van der Waals surface area contributed by atoms with Crippen LogP contribution in [0.5, 0.6) is 5.75 Å². The van der Waals surface area contributed by atoms with Gasteiger partial charge in [-0.05, 0) is 49.4 Å². The third kappa shape index (κ3) is 5.37. The summed E-state index contributed by atoms with van der Waals surface area (Å²) in [5.74, 6) is -0.0243. The number of ether oxygens (including phenoxy) is 3. The van der Waals surface area contributed by atoms with Crippen molar-refractivity contribution >= 4 is 27.4 Å². The summed E-state index contributed by atoms with van der Waals surface area (Å²) in [7, 11) is 0.326. The first-order valence-corrected chi connectivity index (χ1v) is 9.93. The van der Waals surface area contributed by atoms with Crippen molar-refractivity contribution in [3.05, 3.63) is 48.0 Å². The standard InChI is InChI=1S/C19H24N2O6S/c1-13(12-25-2)20-17-10-5-14(19(22)27-4)11-18(17)28(23,24)21-15-6-8-16(26-3)9-7-15/h5-11,13,20-21H,12H2,1-4H3/t13-/m0/s1. The van der Waals surface area contributed by atoms with E-state index >= 15 is 0 Å². The highest BCUT2D eigenvalue weighted by Crippen LogP contribution is 2.27. The summed E-state index contributed by atoms with van der Waals surface area (Å²) in [6.45, 7) is 2.23. The monoisotopic (exact) mass is 408 g/mol. The Morgan fingerprint density at radius 1 is 1.07 bits per heavy atom. The van der Waals surface area contributed by atoms with Gasteiger partial charge in [0.15, 0.2) is 0 Å². The van der Waals surface area contributed by atoms with E-state index in [9.17, 15) is 13.2 Å². The fourth-order valence-corrected chi connectivity index (χ4v) is 3.79. The predicted octanol–water partition coefficient (Wildman–Crippen LogP) is 2.73. The molecule has 2 N–H and O–H groups in total. The van der Waals surface area contributed by atoms with Gasteiger partial charge >= 0.3 is 5.97 Å². The molecule has 0 aliphatic carbocycles. The van der Waals surface area contributed by atoms with E-state index in [-0.39, 0.29) is 16.5 Å². The number of benzene rings is 2. The molecule has 2 aromatic carbocycles. The average molecular weight is 408 g/mol. The van der Waals surface area contributed by atoms with Crippen molar-refractivity contribution in [2.45, 2.75) is 17.9 Å². The normalized spacial score (nSPS) is 12.1. The number of hydrogen-bond acceptors (Lipinski definition) is 7. The Morgan fingerprint density at radius 2 is 1.75 bits per heavy atom. The van der Waals surface area contributed by atoms with Crippen molar-refractivity contribution < 1.29 is 27.4 Å². The van der Waals surface area contributed by atoms with Crippen LogP contribution in [0.2, 0.25) is 0 Å². The van der Waals surface area contributed by atoms with Crippen LogP contribution in [-0.2, 0) is 19.5 Å². The van der Waals surface area contributed by atoms with Gasteiger partial charge in [0.1, 0.15) is 10.6 Å². The molecule has 2 aromatic rings. The van der Waals surface area contributed by atoms with Crippen LogP contribution >= 0.6 is 0 Å². The zero-order chi connectivity index (χ0) is 20.7. The number of carbonyl (C=O) groups is 1. The Bertz CT molecular complexity index is 913. The highest BCUT2D eigenvalue weighted by atomic mass is 32.2. The Morgan fingerprint density at radius 3 is 2.32 bits per heavy atom. The van der Waals surface area contributed by atoms with E-state index in [1.54, 1.807) is 31.4 Å². The zero-order valence-electron chi connectivity index (χ0n) is 16.2. The van der Waals surface area contributed by atoms with Crippen molar-refractivity contribution in [1.29, 1.82) is 0 Å². The fourth-order valence-electron chi connectivity index (χ4n) is 2.54. The summed E-state index contributed by atoms with van der Waals surface area (Å²) >= 11 is 0. The van der Waals surface area contributed by atoms with E-state index in [2.05, 4.69) is 10.0 Å². The first-order valence-electron chi connectivity index (χ1n) is 8.45. The maximum atomic E-state index is 13.0. The van der Waals surface area contributed by atoms with E-state index < -0.39 is 16.0 Å². The summed E-state index contributed by atoms with van der Waals surface area (Å²) < 4.78 is 43.4. The third-order valence-corrected chi connectivity index (χ3v) is 5.27. The smallest absolute Gasteiger partial charge is 0.337 e. The molecule has 0 saturated heterocycles. The van der Waals surface area contributed by atoms with Gasteiger partial charge in [0.05, 0.1) is 32.1 Å². The van der Waals surface area contributed by atoms with Crippen LogP contribution in [0.3, 0.4) is 0 Å². The lowest BCUT2D eigenvalue weighted by Crippen LogP contribution is -2.23. The van der Waals surface area contributed by atoms with Gasteiger partial charge in [-0.1, -0.05) is 0 Å². The van der Waals surface area contributed by atoms with E-state index in [0.717, 1.165) is 0 Å². The molecular weight excluding hydrogens is 384 g/mol. The molecule has 0 saturated carbocycles. The lowest BCUT2D eigenvalue weighted by molar-refractivity contribution is 0.0600. The molecule has 2 rings (SSSR count). The van der Waals surface area contributed by atoms with Crippen LogP contribution in [0.4, 0.5) is 11.4 Å². The highest BCUT2D eigenvalue weighted by molar-refractivity contribution is 7.92. The Kier molecular flexibility index (Phi) is 7.24. The van der Waals surface area contributed by atoms with Crippen LogP contribution < -0.4 is 14.8 Å². The molecule has 152 valence electrons. The molecule has 0 unspecified atom stereocenters. The van der Waals surface area contributed by atoms with E-state index in [1.807, 2.05) is 6.92 Å². The van der Waals surface area contributed by atoms with Gasteiger partial charge in [0, 0.05) is 18.8 Å². The molecule has 0 bridgehead atoms. The first-order chi connectivity index (χ1) is 13.3. The quantitative estimate of drug-likeness (QED) is 0.615. The van der Waals surface area contributed by atoms with Crippen molar-refractivity contribution in [3.8, 4) is 5.75 Å². The maximum absolute atomic E-state index is 13.0. The third-order valence-electron chi connectivity index (χ3n) is 3.85. The molecule has 8 nitrogen and oxygen atoms in total. The Labute approximate surface area is 164 Å². The summed E-state index contributed by atoms with van der Waals surface area (Å²) in [5.41, 5.74) is 0.834. The van der Waals surface area contributed by atoms with Crippen LogP contribution in [0.25, 0.3) is 0 Å². The van der Waals surface area contributed by atoms with Gasteiger partial charge in [0.2, 0.25) is 0 Å². The van der Waals surface area contributed by atoms with E-state index in [1.165, 1.54) is 32.4 Å². The first kappa shape index (κ1) is 21.5. The van der Waals surface area contributed by atoms with Crippen LogP contribution in [0, 0.1) is 0 Å². The minimum atomic E-state index is -3.99. The number of carbonyl (C=O) groups excluding carboxylic acids is 1. The Balaban J connectivity index is 2.42. The number of rotatable bonds is 9. The Hall–Kier alpha value is -2.78. The second kappa shape index (κ2) is 9.43. The fraction of sp³-hybridized carbons (Fsp3) is 0.316. The van der Waals surface area contributed by atoms with E-state index in [0.29, 0.717) is 23.7 Å². The molecule has 0 aliphatic heterocycles. The molecular formula is C19H24N2O6S. The van der Waals surface area contributed by atoms with Crippen molar-refractivity contribution in [3.63, 3.8) is 0 Å². The number of sulfonamides is 1. The number of methoxy groups -OCH3 is 3. The molecule has 0 amide bonds. The number of anilines is 2. The largest absolute Gasteiger partial charge is 0.497 e. The molecule has 28 heavy (non-hydrogen) atoms. The summed E-state index contributed by atoms with van der Waals surface area (Å²) in [6.07, 6.45) is 0. The maximum Gasteiger partial charge on any atom is 0.337 e. The molecule has 0 fully saturated rings. The van der Waals surface area contributed by atoms with Crippen molar-refractivity contribution in [1.82, 2.24) is 0 Å². The molecule has 0 aliphatic rings. The number of esters is 1. The van der Waals surface area contributed by atoms with Crippen molar-refractivity contribution in [2.24, 2.45) is 0 Å². The molecule has 9 heteroatoms. The molecule has 0 spiro atoms. The van der Waals surface area contributed by atoms with Gasteiger partial charge in [-0.25, -0.2) is 13.2 Å². The summed E-state index contributed by atoms with van der Waals surface area (Å²) in [4.78, 5) is 11.8. The SMILES string of the molecule is COC[C@H](C)Nc1ccc(C(=O)OC)cc1S(=O)(=O)Nc1ccc(OC)cc1. The van der Waals surface area contributed by atoms with Gasteiger partial charge in [-0.2, -0.15) is 0 Å². The lowest BCUT2D eigenvalue weighted by atomic mass is 10.2. The zero-order valence-corrected chi connectivity index (χ0v) is 17.0. The van der Waals surface area contributed by atoms with Gasteiger partial charge in [-0.3, -0.25) is 4.72 Å². The van der Waals surface area contributed by atoms with Crippen LogP contribution in [0.15, 0.2) is 47.4 Å². The van der Waals surface area contributed by atoms with Gasteiger partial charge in [0.25, 0.3) is 10.0 Å². The molecule has 0 aromatic heterocycles. The van der Waals surface area contributed by atoms with Crippen LogP contribution in [-0.4, -0.2) is 48.4 Å². The predicted molar refractivity (Wildman–Crippen MR) is 107 cm³/mol. The molecule has 1 atom stereocenters. The molecule has 0 radical (unpaired) electrons. The van der Waals surface area contributed by atoms with Crippen molar-refractivity contribution in [2.75, 3.05) is 38.0 Å². The van der Waals surface area contributed by atoms with E-state index in [4.69, 9.17) is 14.2 Å². The number of nitrogens with one attached hydrogen (secondary N) is 2. The topological polar surface area (TPSA) is 103 Å². The lowest BCUT2D eigenvalue weighted by Gasteiger charge is -2.19. The average Bonchev–Trinajstić information content (AvgIpc) is 2.68. The second-order valence-corrected chi connectivity index (χ2v) is 7.69.